The van der Waals surface area contributed by atoms with Gasteiger partial charge in [-0.25, -0.2) is 0 Å². The van der Waals surface area contributed by atoms with Crippen molar-refractivity contribution in [1.29, 1.82) is 0 Å². The number of anilines is 2. The molecule has 1 fully saturated rings. The van der Waals surface area contributed by atoms with Crippen LogP contribution in [-0.4, -0.2) is 11.6 Å². The molecule has 1 aliphatic carbocycles. The van der Waals surface area contributed by atoms with Crippen molar-refractivity contribution >= 4 is 34.6 Å². The van der Waals surface area contributed by atoms with Crippen molar-refractivity contribution in [3.63, 3.8) is 0 Å². The molecule has 1 aliphatic heterocycles. The second-order valence-corrected chi connectivity index (χ2v) is 5.59. The standard InChI is InChI=1S/C14H16ClN3O/c15-10-5-6-13(11(16)7-10)18-14(19)8-12(17-18)9-3-1-2-4-9/h5-7,9H,1-4,8,16H2. The molecule has 1 aromatic rings. The van der Waals surface area contributed by atoms with E-state index >= 15 is 0 Å². The summed E-state index contributed by atoms with van der Waals surface area (Å²) in [7, 11) is 0. The van der Waals surface area contributed by atoms with Crippen LogP contribution in [0.1, 0.15) is 32.1 Å². The Morgan fingerprint density at radius 3 is 2.74 bits per heavy atom. The molecule has 0 unspecified atom stereocenters. The Balaban J connectivity index is 1.89. The van der Waals surface area contributed by atoms with Crippen LogP contribution in [0.5, 0.6) is 0 Å². The van der Waals surface area contributed by atoms with Gasteiger partial charge in [-0.05, 0) is 37.0 Å². The number of halogens is 1. The molecule has 0 radical (unpaired) electrons. The maximum atomic E-state index is 12.1. The highest BCUT2D eigenvalue weighted by Gasteiger charge is 2.32. The summed E-state index contributed by atoms with van der Waals surface area (Å²) in [6.07, 6.45) is 5.20. The minimum atomic E-state index is -0.00378. The molecule has 0 bridgehead atoms. The fourth-order valence-corrected chi connectivity index (χ4v) is 3.02. The lowest BCUT2D eigenvalue weighted by molar-refractivity contribution is -0.116. The Hall–Kier alpha value is -1.55. The minimum Gasteiger partial charge on any atom is -0.397 e. The molecule has 2 N–H and O–H groups in total. The third kappa shape index (κ3) is 2.32. The molecule has 1 heterocycles. The number of amides is 1. The van der Waals surface area contributed by atoms with E-state index in [9.17, 15) is 4.79 Å². The van der Waals surface area contributed by atoms with Gasteiger partial charge in [0.05, 0.1) is 23.5 Å². The predicted octanol–water partition coefficient (Wildman–Crippen LogP) is 3.21. The van der Waals surface area contributed by atoms with E-state index in [2.05, 4.69) is 5.10 Å². The van der Waals surface area contributed by atoms with Gasteiger partial charge in [-0.2, -0.15) is 10.1 Å². The van der Waals surface area contributed by atoms with Crippen LogP contribution >= 0.6 is 11.6 Å². The van der Waals surface area contributed by atoms with Gasteiger partial charge in [0, 0.05) is 5.02 Å². The Morgan fingerprint density at radius 1 is 1.32 bits per heavy atom. The van der Waals surface area contributed by atoms with Crippen LogP contribution in [0, 0.1) is 5.92 Å². The monoisotopic (exact) mass is 277 g/mol. The molecule has 0 saturated heterocycles. The number of rotatable bonds is 2. The first-order chi connectivity index (χ1) is 9.15. The van der Waals surface area contributed by atoms with E-state index in [1.807, 2.05) is 0 Å². The number of hydrazone groups is 1. The molecule has 3 rings (SSSR count). The average molecular weight is 278 g/mol. The van der Waals surface area contributed by atoms with Gasteiger partial charge in [-0.15, -0.1) is 0 Å². The highest BCUT2D eigenvalue weighted by Crippen LogP contribution is 2.34. The molecule has 0 aromatic heterocycles. The number of nitrogens with two attached hydrogens (primary N) is 1. The first kappa shape index (κ1) is 12.5. The first-order valence-corrected chi connectivity index (χ1v) is 6.98. The molecule has 100 valence electrons. The van der Waals surface area contributed by atoms with Gasteiger partial charge in [0.15, 0.2) is 0 Å². The van der Waals surface area contributed by atoms with Crippen LogP contribution in [0.25, 0.3) is 0 Å². The highest BCUT2D eigenvalue weighted by molar-refractivity contribution is 6.31. The predicted molar refractivity (Wildman–Crippen MR) is 77.4 cm³/mol. The van der Waals surface area contributed by atoms with Crippen molar-refractivity contribution in [3.8, 4) is 0 Å². The van der Waals surface area contributed by atoms with E-state index in [4.69, 9.17) is 17.3 Å². The molecule has 0 spiro atoms. The zero-order chi connectivity index (χ0) is 13.4. The van der Waals surface area contributed by atoms with Crippen molar-refractivity contribution in [3.05, 3.63) is 23.2 Å². The lowest BCUT2D eigenvalue weighted by atomic mass is 10.00. The van der Waals surface area contributed by atoms with Crippen LogP contribution < -0.4 is 10.7 Å². The fourth-order valence-electron chi connectivity index (χ4n) is 2.84. The summed E-state index contributed by atoms with van der Waals surface area (Å²) >= 11 is 5.87. The largest absolute Gasteiger partial charge is 0.397 e. The first-order valence-electron chi connectivity index (χ1n) is 6.60. The molecule has 2 aliphatic rings. The molecule has 19 heavy (non-hydrogen) atoms. The number of nitrogen functional groups attached to an aromatic ring is 1. The van der Waals surface area contributed by atoms with Crippen molar-refractivity contribution in [2.75, 3.05) is 10.7 Å². The molecule has 1 aromatic carbocycles. The van der Waals surface area contributed by atoms with Crippen LogP contribution in [-0.2, 0) is 4.79 Å². The van der Waals surface area contributed by atoms with Crippen molar-refractivity contribution in [2.45, 2.75) is 32.1 Å². The lowest BCUT2D eigenvalue weighted by Crippen LogP contribution is -2.20. The van der Waals surface area contributed by atoms with Crippen molar-refractivity contribution in [1.82, 2.24) is 0 Å². The molecule has 5 heteroatoms. The second kappa shape index (κ2) is 4.85. The summed E-state index contributed by atoms with van der Waals surface area (Å²) in [5.41, 5.74) is 8.04. The minimum absolute atomic E-state index is 0.00378. The maximum absolute atomic E-state index is 12.1. The van der Waals surface area contributed by atoms with Crippen LogP contribution in [0.4, 0.5) is 11.4 Å². The van der Waals surface area contributed by atoms with Gasteiger partial charge in [0.1, 0.15) is 0 Å². The summed E-state index contributed by atoms with van der Waals surface area (Å²) in [6.45, 7) is 0. The number of hydrogen-bond donors (Lipinski definition) is 1. The summed E-state index contributed by atoms with van der Waals surface area (Å²) in [4.78, 5) is 12.1. The summed E-state index contributed by atoms with van der Waals surface area (Å²) in [6, 6.07) is 5.12. The molecule has 1 saturated carbocycles. The Bertz CT molecular complexity index is 550. The Kier molecular flexibility index (Phi) is 3.19. The summed E-state index contributed by atoms with van der Waals surface area (Å²) in [5.74, 6) is 0.471. The quantitative estimate of drug-likeness (QED) is 0.844. The number of carbonyl (C=O) groups excluding carboxylic acids is 1. The van der Waals surface area contributed by atoms with Crippen molar-refractivity contribution in [2.24, 2.45) is 11.0 Å². The number of benzene rings is 1. The van der Waals surface area contributed by atoms with E-state index < -0.39 is 0 Å². The van der Waals surface area contributed by atoms with E-state index in [1.165, 1.54) is 17.9 Å². The van der Waals surface area contributed by atoms with Gasteiger partial charge in [-0.3, -0.25) is 4.79 Å². The third-order valence-corrected chi connectivity index (χ3v) is 4.08. The normalized spacial score (nSPS) is 20.2. The van der Waals surface area contributed by atoms with E-state index in [-0.39, 0.29) is 5.91 Å². The van der Waals surface area contributed by atoms with Crippen LogP contribution in [0.2, 0.25) is 5.02 Å². The van der Waals surface area contributed by atoms with Gasteiger partial charge >= 0.3 is 0 Å². The van der Waals surface area contributed by atoms with Crippen LogP contribution in [0.3, 0.4) is 0 Å². The fraction of sp³-hybridized carbons (Fsp3) is 0.429. The van der Waals surface area contributed by atoms with Gasteiger partial charge in [0.25, 0.3) is 5.91 Å². The Morgan fingerprint density at radius 2 is 2.05 bits per heavy atom. The van der Waals surface area contributed by atoms with E-state index in [0.29, 0.717) is 28.7 Å². The number of nitrogens with zero attached hydrogens (tertiary/aromatic N) is 2. The molecule has 0 atom stereocenters. The van der Waals surface area contributed by atoms with Gasteiger partial charge < -0.3 is 5.73 Å². The summed E-state index contributed by atoms with van der Waals surface area (Å²) < 4.78 is 0. The molecular weight excluding hydrogens is 262 g/mol. The maximum Gasteiger partial charge on any atom is 0.253 e. The molecular formula is C14H16ClN3O. The molecule has 1 amide bonds. The van der Waals surface area contributed by atoms with Gasteiger partial charge in [-0.1, -0.05) is 24.4 Å². The number of carbonyl (C=O) groups is 1. The average Bonchev–Trinajstić information content (AvgIpc) is 2.98. The van der Waals surface area contributed by atoms with Gasteiger partial charge in [0.2, 0.25) is 0 Å². The highest BCUT2D eigenvalue weighted by atomic mass is 35.5. The van der Waals surface area contributed by atoms with Crippen LogP contribution in [0.15, 0.2) is 23.3 Å². The molecule has 4 nitrogen and oxygen atoms in total. The topological polar surface area (TPSA) is 58.7 Å². The third-order valence-electron chi connectivity index (χ3n) is 3.84. The Labute approximate surface area is 117 Å². The number of hydrogen-bond acceptors (Lipinski definition) is 3. The van der Waals surface area contributed by atoms with E-state index in [1.54, 1.807) is 18.2 Å². The zero-order valence-electron chi connectivity index (χ0n) is 10.6. The van der Waals surface area contributed by atoms with Crippen molar-refractivity contribution < 1.29 is 4.79 Å². The lowest BCUT2D eigenvalue weighted by Gasteiger charge is -2.14. The zero-order valence-corrected chi connectivity index (χ0v) is 11.4. The second-order valence-electron chi connectivity index (χ2n) is 5.16. The smallest absolute Gasteiger partial charge is 0.253 e. The SMILES string of the molecule is Nc1cc(Cl)ccc1N1N=C(C2CCCC2)CC1=O. The summed E-state index contributed by atoms with van der Waals surface area (Å²) in [5, 5.41) is 6.48. The van der Waals surface area contributed by atoms with E-state index in [0.717, 1.165) is 18.6 Å².